The van der Waals surface area contributed by atoms with Gasteiger partial charge in [-0.25, -0.2) is 0 Å². The molecule has 0 radical (unpaired) electrons. The molecule has 234 valence electrons. The van der Waals surface area contributed by atoms with E-state index in [0.29, 0.717) is 0 Å². The van der Waals surface area contributed by atoms with Crippen LogP contribution in [0.15, 0.2) is 168 Å². The maximum atomic E-state index is 6.47. The van der Waals surface area contributed by atoms with Gasteiger partial charge in [-0.3, -0.25) is 0 Å². The third-order valence-electron chi connectivity index (χ3n) is 10.8. The SMILES string of the molecule is C1=CC2c3ccccc3OC2c2oc3ccc(-c4ccc(-c5c6ccccc6c(-c6cccc7ccccc67)c6ccccc56)cc4)cc3c21. The number of ether oxygens (including phenoxy) is 1. The van der Waals surface area contributed by atoms with Crippen molar-refractivity contribution in [1.29, 1.82) is 0 Å². The molecule has 9 aromatic rings. The van der Waals surface area contributed by atoms with E-state index in [1.54, 1.807) is 0 Å². The van der Waals surface area contributed by atoms with Gasteiger partial charge >= 0.3 is 0 Å². The Labute approximate surface area is 289 Å². The first kappa shape index (κ1) is 27.6. The van der Waals surface area contributed by atoms with Crippen molar-refractivity contribution < 1.29 is 9.15 Å². The highest BCUT2D eigenvalue weighted by Gasteiger charge is 2.40. The van der Waals surface area contributed by atoms with Crippen molar-refractivity contribution in [3.8, 4) is 39.1 Å². The van der Waals surface area contributed by atoms with Crippen LogP contribution in [0.25, 0.3) is 82.7 Å². The van der Waals surface area contributed by atoms with E-state index < -0.39 is 0 Å². The maximum Gasteiger partial charge on any atom is 0.167 e. The normalized spacial score (nSPS) is 16.1. The van der Waals surface area contributed by atoms with Crippen molar-refractivity contribution in [2.45, 2.75) is 12.0 Å². The first-order valence-corrected chi connectivity index (χ1v) is 17.3. The van der Waals surface area contributed by atoms with E-state index in [1.807, 2.05) is 6.07 Å². The fourth-order valence-corrected chi connectivity index (χ4v) is 8.56. The molecule has 0 fully saturated rings. The van der Waals surface area contributed by atoms with Gasteiger partial charge in [-0.2, -0.15) is 0 Å². The van der Waals surface area contributed by atoms with Gasteiger partial charge in [-0.15, -0.1) is 0 Å². The molecule has 8 aromatic carbocycles. The average Bonchev–Trinajstić information content (AvgIpc) is 3.75. The van der Waals surface area contributed by atoms with Gasteiger partial charge in [-0.1, -0.05) is 152 Å². The molecule has 0 amide bonds. The highest BCUT2D eigenvalue weighted by atomic mass is 16.5. The summed E-state index contributed by atoms with van der Waals surface area (Å²) in [6, 6.07) is 57.1. The summed E-state index contributed by atoms with van der Waals surface area (Å²) in [7, 11) is 0. The molecule has 1 aliphatic heterocycles. The van der Waals surface area contributed by atoms with Crippen molar-refractivity contribution in [3.05, 3.63) is 181 Å². The zero-order valence-corrected chi connectivity index (χ0v) is 27.1. The Morgan fingerprint density at radius 1 is 0.460 bits per heavy atom. The molecule has 0 spiro atoms. The smallest absolute Gasteiger partial charge is 0.167 e. The Bertz CT molecular complexity index is 2790. The molecule has 2 unspecified atom stereocenters. The summed E-state index contributed by atoms with van der Waals surface area (Å²) in [6.45, 7) is 0. The second-order valence-corrected chi connectivity index (χ2v) is 13.5. The minimum atomic E-state index is -0.126. The molecule has 2 atom stereocenters. The van der Waals surface area contributed by atoms with Crippen LogP contribution in [0.1, 0.15) is 28.9 Å². The molecule has 2 heterocycles. The number of fused-ring (bicyclic) bond motifs is 10. The van der Waals surface area contributed by atoms with E-state index in [2.05, 4.69) is 164 Å². The van der Waals surface area contributed by atoms with Gasteiger partial charge in [0.1, 0.15) is 11.3 Å². The van der Waals surface area contributed by atoms with Crippen LogP contribution >= 0.6 is 0 Å². The fraction of sp³-hybridized carbons (Fsp3) is 0.0417. The molecular formula is C48H30O2. The fourth-order valence-electron chi connectivity index (χ4n) is 8.56. The van der Waals surface area contributed by atoms with Crippen LogP contribution in [0.4, 0.5) is 0 Å². The summed E-state index contributed by atoms with van der Waals surface area (Å²) >= 11 is 0. The van der Waals surface area contributed by atoms with E-state index >= 15 is 0 Å². The van der Waals surface area contributed by atoms with Crippen molar-refractivity contribution in [1.82, 2.24) is 0 Å². The van der Waals surface area contributed by atoms with Crippen LogP contribution < -0.4 is 4.74 Å². The Balaban J connectivity index is 1.03. The predicted octanol–water partition coefficient (Wildman–Crippen LogP) is 13.1. The summed E-state index contributed by atoms with van der Waals surface area (Å²) in [6.07, 6.45) is 4.37. The van der Waals surface area contributed by atoms with Crippen LogP contribution in [0.5, 0.6) is 5.75 Å². The zero-order valence-electron chi connectivity index (χ0n) is 27.1. The van der Waals surface area contributed by atoms with Crippen molar-refractivity contribution in [2.24, 2.45) is 0 Å². The van der Waals surface area contributed by atoms with Gasteiger partial charge in [0.05, 0.1) is 5.92 Å². The molecule has 11 rings (SSSR count). The van der Waals surface area contributed by atoms with Gasteiger partial charge in [0, 0.05) is 16.5 Å². The third kappa shape index (κ3) is 3.96. The standard InChI is InChI=1S/C48H30O2/c1-2-12-33-30(10-1)11-9-18-35(33)46-38-16-5-3-14-36(38)45(37-15-4-6-17-39(37)46)31-22-20-29(21-23-31)32-24-27-44-42(28-32)41-26-25-40-34-13-7-8-19-43(34)49-47(40)48(41)50-44/h1-28,40,47H. The number of benzene rings is 8. The second-order valence-electron chi connectivity index (χ2n) is 13.5. The van der Waals surface area contributed by atoms with Crippen molar-refractivity contribution >= 4 is 49.4 Å². The molecule has 2 heteroatoms. The molecular weight excluding hydrogens is 609 g/mol. The summed E-state index contributed by atoms with van der Waals surface area (Å²) in [5.74, 6) is 2.05. The number of hydrogen-bond acceptors (Lipinski definition) is 2. The van der Waals surface area contributed by atoms with Crippen molar-refractivity contribution in [3.63, 3.8) is 0 Å². The van der Waals surface area contributed by atoms with Crippen LogP contribution in [0.3, 0.4) is 0 Å². The first-order valence-electron chi connectivity index (χ1n) is 17.3. The van der Waals surface area contributed by atoms with Crippen LogP contribution in [0, 0.1) is 0 Å². The molecule has 2 nitrogen and oxygen atoms in total. The lowest BCUT2D eigenvalue weighted by molar-refractivity contribution is 0.193. The van der Waals surface area contributed by atoms with Crippen molar-refractivity contribution in [2.75, 3.05) is 0 Å². The average molecular weight is 639 g/mol. The van der Waals surface area contributed by atoms with Gasteiger partial charge in [0.2, 0.25) is 0 Å². The summed E-state index contributed by atoms with van der Waals surface area (Å²) in [5, 5.41) is 8.70. The number of hydrogen-bond donors (Lipinski definition) is 0. The monoisotopic (exact) mass is 638 g/mol. The minimum absolute atomic E-state index is 0.126. The van der Waals surface area contributed by atoms with E-state index in [4.69, 9.17) is 9.15 Å². The van der Waals surface area contributed by atoms with E-state index in [0.717, 1.165) is 28.0 Å². The van der Waals surface area contributed by atoms with E-state index in [9.17, 15) is 0 Å². The Hall–Kier alpha value is -6.38. The van der Waals surface area contributed by atoms with E-state index in [-0.39, 0.29) is 12.0 Å². The molecule has 2 aliphatic rings. The van der Waals surface area contributed by atoms with Crippen LogP contribution in [-0.4, -0.2) is 0 Å². The van der Waals surface area contributed by atoms with Crippen LogP contribution in [-0.2, 0) is 0 Å². The van der Waals surface area contributed by atoms with Gasteiger partial charge in [0.25, 0.3) is 0 Å². The topological polar surface area (TPSA) is 22.4 Å². The predicted molar refractivity (Wildman–Crippen MR) is 207 cm³/mol. The van der Waals surface area contributed by atoms with Crippen LogP contribution in [0.2, 0.25) is 0 Å². The Morgan fingerprint density at radius 2 is 1.08 bits per heavy atom. The Morgan fingerprint density at radius 3 is 1.86 bits per heavy atom. The summed E-state index contributed by atoms with van der Waals surface area (Å²) in [4.78, 5) is 0. The molecule has 1 aromatic heterocycles. The highest BCUT2D eigenvalue weighted by Crippen LogP contribution is 2.52. The maximum absolute atomic E-state index is 6.47. The van der Waals surface area contributed by atoms with Gasteiger partial charge in [-0.05, 0) is 83.9 Å². The van der Waals surface area contributed by atoms with E-state index in [1.165, 1.54) is 71.3 Å². The molecule has 1 aliphatic carbocycles. The number of para-hydroxylation sites is 1. The van der Waals surface area contributed by atoms with Gasteiger partial charge < -0.3 is 9.15 Å². The second kappa shape index (κ2) is 10.6. The third-order valence-corrected chi connectivity index (χ3v) is 10.8. The lowest BCUT2D eigenvalue weighted by atomic mass is 9.84. The minimum Gasteiger partial charge on any atom is -0.481 e. The number of furan rings is 1. The zero-order chi connectivity index (χ0) is 32.8. The highest BCUT2D eigenvalue weighted by molar-refractivity contribution is 6.23. The summed E-state index contributed by atoms with van der Waals surface area (Å²) in [5.41, 5.74) is 10.6. The lowest BCUT2D eigenvalue weighted by Gasteiger charge is -2.19. The molecule has 0 N–H and O–H groups in total. The number of rotatable bonds is 3. The molecule has 0 saturated carbocycles. The first-order chi connectivity index (χ1) is 24.8. The lowest BCUT2D eigenvalue weighted by Crippen LogP contribution is -2.11. The molecule has 0 saturated heterocycles. The largest absolute Gasteiger partial charge is 0.481 e. The quantitative estimate of drug-likeness (QED) is 0.180. The molecule has 0 bridgehead atoms. The Kier molecular flexibility index (Phi) is 5.82. The van der Waals surface area contributed by atoms with Gasteiger partial charge in [0.15, 0.2) is 11.9 Å². The summed E-state index contributed by atoms with van der Waals surface area (Å²) < 4.78 is 12.9. The molecule has 50 heavy (non-hydrogen) atoms.